The van der Waals surface area contributed by atoms with E-state index >= 15 is 0 Å². The summed E-state index contributed by atoms with van der Waals surface area (Å²) in [7, 11) is 3.53. The zero-order chi connectivity index (χ0) is 24.9. The van der Waals surface area contributed by atoms with Crippen LogP contribution in [-0.2, 0) is 4.79 Å². The highest BCUT2D eigenvalue weighted by atomic mass is 19.1. The first kappa shape index (κ1) is 23.6. The van der Waals surface area contributed by atoms with Crippen molar-refractivity contribution in [1.29, 1.82) is 0 Å². The van der Waals surface area contributed by atoms with Crippen LogP contribution in [0.1, 0.15) is 27.3 Å². The summed E-state index contributed by atoms with van der Waals surface area (Å²) in [6, 6.07) is 8.22. The molecule has 1 aliphatic rings. The van der Waals surface area contributed by atoms with E-state index in [1.54, 1.807) is 43.6 Å². The maximum atomic E-state index is 13.2. The van der Waals surface area contributed by atoms with Crippen molar-refractivity contribution in [2.24, 2.45) is 0 Å². The summed E-state index contributed by atoms with van der Waals surface area (Å²) in [6.45, 7) is 0. The molecule has 0 aliphatic heterocycles. The van der Waals surface area contributed by atoms with E-state index in [9.17, 15) is 18.8 Å². The lowest BCUT2D eigenvalue weighted by Crippen LogP contribution is -2.28. The van der Waals surface area contributed by atoms with Crippen LogP contribution in [-0.4, -0.2) is 59.4 Å². The van der Waals surface area contributed by atoms with E-state index in [-0.39, 0.29) is 11.4 Å². The average molecular weight is 478 g/mol. The topological polar surface area (TPSA) is 121 Å². The van der Waals surface area contributed by atoms with Gasteiger partial charge in [-0.1, -0.05) is 0 Å². The molecule has 1 amide bonds. The molecule has 0 radical (unpaired) electrons. The summed E-state index contributed by atoms with van der Waals surface area (Å²) < 4.78 is 14.5. The van der Waals surface area contributed by atoms with Crippen molar-refractivity contribution in [3.8, 4) is 0 Å². The Bertz CT molecular complexity index is 1320. The molecule has 35 heavy (non-hydrogen) atoms. The van der Waals surface area contributed by atoms with Gasteiger partial charge < -0.3 is 20.9 Å². The van der Waals surface area contributed by atoms with Crippen LogP contribution in [0.4, 0.5) is 21.6 Å². The average Bonchev–Trinajstić information content (AvgIpc) is 3.39. The number of fused-ring (bicyclic) bond motifs is 1. The highest BCUT2D eigenvalue weighted by Crippen LogP contribution is 2.26. The summed E-state index contributed by atoms with van der Waals surface area (Å²) in [5, 5.41) is 12.9. The second kappa shape index (κ2) is 10.2. The normalized spacial score (nSPS) is 17.3. The molecule has 11 heteroatoms. The maximum Gasteiger partial charge on any atom is 0.271 e. The molecule has 1 fully saturated rings. The number of imidazole rings is 1. The molecular weight excluding hydrogens is 453 g/mol. The molecule has 4 rings (SSSR count). The maximum absolute atomic E-state index is 13.2. The number of rotatable bonds is 10. The first-order valence-corrected chi connectivity index (χ1v) is 10.8. The number of nitrogens with one attached hydrogen (secondary N) is 3. The summed E-state index contributed by atoms with van der Waals surface area (Å²) in [4.78, 5) is 41.1. The lowest BCUT2D eigenvalue weighted by atomic mass is 10.2. The first-order valence-electron chi connectivity index (χ1n) is 10.8. The van der Waals surface area contributed by atoms with Crippen molar-refractivity contribution in [2.45, 2.75) is 18.6 Å². The zero-order valence-electron chi connectivity index (χ0n) is 19.1. The smallest absolute Gasteiger partial charge is 0.271 e. The molecule has 180 valence electrons. The Hall–Kier alpha value is -4.54. The number of carbonyl (C=O) groups excluding carboxylic acids is 3. The fourth-order valence-electron chi connectivity index (χ4n) is 3.33. The second-order valence-electron chi connectivity index (χ2n) is 7.93. The molecule has 3 aromatic rings. The Balaban J connectivity index is 1.53. The van der Waals surface area contributed by atoms with Gasteiger partial charge in [0, 0.05) is 44.0 Å². The minimum absolute atomic E-state index is 0.151. The number of benzene rings is 1. The van der Waals surface area contributed by atoms with Gasteiger partial charge in [-0.05, 0) is 36.4 Å². The molecular formula is C24H24FN7O3. The number of alkyl halides is 1. The van der Waals surface area contributed by atoms with Gasteiger partial charge in [-0.25, -0.2) is 13.9 Å². The lowest BCUT2D eigenvalue weighted by molar-refractivity contribution is -0.104. The van der Waals surface area contributed by atoms with Gasteiger partial charge in [0.25, 0.3) is 5.91 Å². The SMILES string of the molecule is CNc1cc(N/C(C=O)=C/C=C\N(C)c2ccc(C=O)cc2)nn2c(C(=O)N[C@@H]3C[C@@H]3F)cnc12. The molecule has 0 saturated heterocycles. The van der Waals surface area contributed by atoms with Crippen molar-refractivity contribution < 1.29 is 18.8 Å². The Morgan fingerprint density at radius 1 is 1.26 bits per heavy atom. The predicted octanol–water partition coefficient (Wildman–Crippen LogP) is 2.57. The quantitative estimate of drug-likeness (QED) is 0.232. The highest BCUT2D eigenvalue weighted by Gasteiger charge is 2.39. The summed E-state index contributed by atoms with van der Waals surface area (Å²) in [5.41, 5.74) is 2.82. The van der Waals surface area contributed by atoms with E-state index < -0.39 is 18.1 Å². The largest absolute Gasteiger partial charge is 0.385 e. The van der Waals surface area contributed by atoms with Crippen LogP contribution >= 0.6 is 0 Å². The van der Waals surface area contributed by atoms with E-state index in [1.165, 1.54) is 10.7 Å². The fraction of sp³-hybridized carbons (Fsp3) is 0.208. The van der Waals surface area contributed by atoms with Gasteiger partial charge in [-0.15, -0.1) is 5.10 Å². The van der Waals surface area contributed by atoms with E-state index in [1.807, 2.05) is 24.1 Å². The zero-order valence-corrected chi connectivity index (χ0v) is 19.1. The highest BCUT2D eigenvalue weighted by molar-refractivity contribution is 5.94. The fourth-order valence-corrected chi connectivity index (χ4v) is 3.33. The van der Waals surface area contributed by atoms with Crippen LogP contribution in [0.5, 0.6) is 0 Å². The van der Waals surface area contributed by atoms with Crippen LogP contribution in [0.2, 0.25) is 0 Å². The van der Waals surface area contributed by atoms with Gasteiger partial charge in [0.1, 0.15) is 12.5 Å². The third-order valence-electron chi connectivity index (χ3n) is 5.42. The van der Waals surface area contributed by atoms with E-state index in [0.717, 1.165) is 12.0 Å². The van der Waals surface area contributed by atoms with Crippen molar-refractivity contribution in [3.63, 3.8) is 0 Å². The van der Waals surface area contributed by atoms with Gasteiger partial charge >= 0.3 is 0 Å². The van der Waals surface area contributed by atoms with Crippen molar-refractivity contribution in [2.75, 3.05) is 29.6 Å². The van der Waals surface area contributed by atoms with Crippen LogP contribution in [0.15, 0.2) is 60.6 Å². The van der Waals surface area contributed by atoms with Crippen molar-refractivity contribution in [3.05, 3.63) is 71.8 Å². The molecule has 10 nitrogen and oxygen atoms in total. The van der Waals surface area contributed by atoms with E-state index in [4.69, 9.17) is 0 Å². The molecule has 2 heterocycles. The number of hydrogen-bond donors (Lipinski definition) is 3. The number of aldehydes is 2. The number of anilines is 3. The number of allylic oxidation sites excluding steroid dienone is 3. The van der Waals surface area contributed by atoms with E-state index in [2.05, 4.69) is 26.0 Å². The third kappa shape index (κ3) is 5.35. The Morgan fingerprint density at radius 2 is 2.00 bits per heavy atom. The number of hydrogen-bond acceptors (Lipinski definition) is 8. The monoisotopic (exact) mass is 477 g/mol. The lowest BCUT2D eigenvalue weighted by Gasteiger charge is -2.13. The number of aromatic nitrogens is 3. The van der Waals surface area contributed by atoms with Crippen LogP contribution in [0, 0.1) is 0 Å². The minimum Gasteiger partial charge on any atom is -0.385 e. The molecule has 3 N–H and O–H groups in total. The Labute approximate surface area is 200 Å². The van der Waals surface area contributed by atoms with E-state index in [0.29, 0.717) is 35.4 Å². The van der Waals surface area contributed by atoms with Gasteiger partial charge in [0.2, 0.25) is 0 Å². The number of halogens is 1. The molecule has 0 bridgehead atoms. The number of carbonyl (C=O) groups is 3. The summed E-state index contributed by atoms with van der Waals surface area (Å²) >= 11 is 0. The Morgan fingerprint density at radius 3 is 2.63 bits per heavy atom. The molecule has 1 saturated carbocycles. The van der Waals surface area contributed by atoms with Crippen LogP contribution in [0.3, 0.4) is 0 Å². The van der Waals surface area contributed by atoms with Crippen LogP contribution < -0.4 is 20.9 Å². The second-order valence-corrected chi connectivity index (χ2v) is 7.93. The third-order valence-corrected chi connectivity index (χ3v) is 5.42. The van der Waals surface area contributed by atoms with Crippen molar-refractivity contribution in [1.82, 2.24) is 19.9 Å². The summed E-state index contributed by atoms with van der Waals surface area (Å²) in [5.74, 6) is -0.180. The first-order chi connectivity index (χ1) is 16.9. The number of nitrogens with zero attached hydrogens (tertiary/aromatic N) is 4. The molecule has 1 aliphatic carbocycles. The van der Waals surface area contributed by atoms with Gasteiger partial charge in [0.15, 0.2) is 23.4 Å². The standard InChI is InChI=1S/C24H24FN7O3/c1-26-20-11-22(30-32-21(12-27-23(20)32)24(35)29-19-10-18(19)25)28-16(14-34)4-3-9-31(2)17-7-5-15(13-33)6-8-17/h3-9,11-14,18-19,26H,10H2,1-2H3,(H,28,30)(H,29,35)/b9-3-,16-4+/t18-,19+/m0/s1. The molecule has 0 unspecified atom stereocenters. The Kier molecular flexibility index (Phi) is 6.86. The van der Waals surface area contributed by atoms with Gasteiger partial charge in [-0.3, -0.25) is 14.4 Å². The minimum atomic E-state index is -1.03. The predicted molar refractivity (Wildman–Crippen MR) is 130 cm³/mol. The van der Waals surface area contributed by atoms with Gasteiger partial charge in [-0.2, -0.15) is 0 Å². The van der Waals surface area contributed by atoms with Crippen LogP contribution in [0.25, 0.3) is 5.65 Å². The summed E-state index contributed by atoms with van der Waals surface area (Å²) in [6.07, 6.45) is 7.07. The molecule has 2 aromatic heterocycles. The molecule has 0 spiro atoms. The molecule has 1 aromatic carbocycles. The molecule has 2 atom stereocenters. The number of amides is 1. The van der Waals surface area contributed by atoms with Crippen molar-refractivity contribution >= 4 is 41.3 Å². The van der Waals surface area contributed by atoms with Gasteiger partial charge in [0.05, 0.1) is 23.6 Å².